The average molecular weight is 503 g/mol. The number of terminal acetylenes is 1. The molecule has 0 spiro atoms. The summed E-state index contributed by atoms with van der Waals surface area (Å²) >= 11 is 3.20. The maximum absolute atomic E-state index is 14.8. The van der Waals surface area contributed by atoms with Gasteiger partial charge in [0.25, 0.3) is 0 Å². The van der Waals surface area contributed by atoms with E-state index in [1.54, 1.807) is 27.7 Å². The Morgan fingerprint density at radius 1 is 1.48 bits per heavy atom. The second kappa shape index (κ2) is 8.43. The molecule has 158 valence electrons. The van der Waals surface area contributed by atoms with E-state index in [2.05, 4.69) is 42.0 Å². The Hall–Kier alpha value is -1.33. The Bertz CT molecular complexity index is 1030. The Morgan fingerprint density at radius 2 is 2.14 bits per heavy atom. The Labute approximate surface area is 183 Å². The lowest BCUT2D eigenvalue weighted by atomic mass is 9.99. The lowest BCUT2D eigenvalue weighted by molar-refractivity contribution is 0.490. The molecular formula is C19H24BrFN4O2S2. The SMILES string of the molecule is C#C[C@@](C[S@]1(=O)=NCCC[C@@]1(C)C#N)(NS(=O)C(C)(C)C)c1nc(Br)ccc1F. The number of nitrogens with one attached hydrogen (secondary N) is 1. The van der Waals surface area contributed by atoms with Crippen molar-refractivity contribution in [1.29, 1.82) is 5.26 Å². The van der Waals surface area contributed by atoms with Crippen molar-refractivity contribution in [3.8, 4) is 18.4 Å². The smallest absolute Gasteiger partial charge is 0.149 e. The fourth-order valence-corrected chi connectivity index (χ4v) is 6.73. The van der Waals surface area contributed by atoms with Gasteiger partial charge in [-0.3, -0.25) is 0 Å². The number of nitriles is 1. The molecule has 0 aliphatic carbocycles. The van der Waals surface area contributed by atoms with Crippen LogP contribution in [0, 0.1) is 29.5 Å². The van der Waals surface area contributed by atoms with Gasteiger partial charge in [-0.1, -0.05) is 5.92 Å². The normalized spacial score (nSPS) is 27.7. The fraction of sp³-hybridized carbons (Fsp3) is 0.579. The average Bonchev–Trinajstić information content (AvgIpc) is 2.65. The number of hydrogen-bond donors (Lipinski definition) is 1. The number of pyridine rings is 1. The molecule has 2 rings (SSSR count). The lowest BCUT2D eigenvalue weighted by Crippen LogP contribution is -2.55. The first-order valence-electron chi connectivity index (χ1n) is 8.94. The Balaban J connectivity index is 2.74. The van der Waals surface area contributed by atoms with Gasteiger partial charge in [0.05, 0.1) is 37.3 Å². The highest BCUT2D eigenvalue weighted by Crippen LogP contribution is 2.36. The van der Waals surface area contributed by atoms with Crippen LogP contribution in [0.4, 0.5) is 4.39 Å². The molecule has 1 aromatic rings. The summed E-state index contributed by atoms with van der Waals surface area (Å²) < 4.78 is 47.1. The molecule has 1 aromatic heterocycles. The standard InChI is InChI=1S/C19H24BrFN4O2S2/c1-6-19(25-28(26)17(2,3)4,16-14(21)8-9-15(20)24-16)13-29(27)18(5,12-22)10-7-11-23-29/h1,8-9,25H,7,10-11,13H2,2-5H3/t18-,19-,28?,29+/m0/s1. The van der Waals surface area contributed by atoms with Crippen molar-refractivity contribution in [3.05, 3.63) is 28.2 Å². The summed E-state index contributed by atoms with van der Waals surface area (Å²) in [5, 5.41) is 9.72. The van der Waals surface area contributed by atoms with Crippen molar-refractivity contribution < 1.29 is 12.8 Å². The van der Waals surface area contributed by atoms with E-state index in [0.29, 0.717) is 24.0 Å². The molecule has 0 radical (unpaired) electrons. The van der Waals surface area contributed by atoms with E-state index in [-0.39, 0.29) is 11.4 Å². The number of nitrogens with zero attached hydrogens (tertiary/aromatic N) is 3. The third-order valence-corrected chi connectivity index (χ3v) is 9.97. The van der Waals surface area contributed by atoms with Crippen molar-refractivity contribution in [2.24, 2.45) is 4.36 Å². The molecule has 0 fully saturated rings. The molecule has 4 atom stereocenters. The summed E-state index contributed by atoms with van der Waals surface area (Å²) in [7, 11) is -4.95. The van der Waals surface area contributed by atoms with E-state index in [0.717, 1.165) is 0 Å². The number of aromatic nitrogens is 1. The van der Waals surface area contributed by atoms with Crippen molar-refractivity contribution in [2.45, 2.75) is 55.6 Å². The van der Waals surface area contributed by atoms with Gasteiger partial charge in [0.15, 0.2) is 0 Å². The summed E-state index contributed by atoms with van der Waals surface area (Å²) in [6.07, 6.45) is 6.84. The molecule has 0 saturated heterocycles. The second-order valence-electron chi connectivity index (χ2n) is 8.08. The molecule has 0 aromatic carbocycles. The lowest BCUT2D eigenvalue weighted by Gasteiger charge is -2.37. The molecule has 1 unspecified atom stereocenters. The molecule has 1 aliphatic heterocycles. The van der Waals surface area contributed by atoms with Crippen LogP contribution < -0.4 is 4.72 Å². The number of hydrogen-bond acceptors (Lipinski definition) is 5. The van der Waals surface area contributed by atoms with E-state index in [1.165, 1.54) is 12.1 Å². The van der Waals surface area contributed by atoms with Crippen molar-refractivity contribution in [1.82, 2.24) is 9.71 Å². The van der Waals surface area contributed by atoms with Crippen LogP contribution in [-0.4, -0.2) is 35.2 Å². The summed E-state index contributed by atoms with van der Waals surface area (Å²) in [5.74, 6) is 1.34. The van der Waals surface area contributed by atoms with Gasteiger partial charge in [-0.05, 0) is 68.6 Å². The highest BCUT2D eigenvalue weighted by molar-refractivity contribution is 9.10. The summed E-state index contributed by atoms with van der Waals surface area (Å²) in [5.41, 5.74) is -2.00. The fourth-order valence-electron chi connectivity index (χ4n) is 2.87. The minimum Gasteiger partial charge on any atom is -0.248 e. The minimum absolute atomic E-state index is 0.212. The molecule has 0 saturated carbocycles. The molecule has 0 bridgehead atoms. The quantitative estimate of drug-likeness (QED) is 0.492. The molecule has 29 heavy (non-hydrogen) atoms. The predicted molar refractivity (Wildman–Crippen MR) is 117 cm³/mol. The highest BCUT2D eigenvalue weighted by atomic mass is 79.9. The van der Waals surface area contributed by atoms with Gasteiger partial charge < -0.3 is 0 Å². The van der Waals surface area contributed by atoms with Crippen LogP contribution in [0.15, 0.2) is 21.1 Å². The van der Waals surface area contributed by atoms with E-state index >= 15 is 0 Å². The minimum atomic E-state index is -3.22. The number of halogens is 2. The van der Waals surface area contributed by atoms with Gasteiger partial charge in [0, 0.05) is 6.54 Å². The third kappa shape index (κ3) is 4.72. The molecule has 0 amide bonds. The van der Waals surface area contributed by atoms with Gasteiger partial charge in [-0.2, -0.15) is 5.26 Å². The Morgan fingerprint density at radius 3 is 2.69 bits per heavy atom. The van der Waals surface area contributed by atoms with Gasteiger partial charge >= 0.3 is 0 Å². The van der Waals surface area contributed by atoms with Gasteiger partial charge in [-0.25, -0.2) is 26.9 Å². The molecule has 10 heteroatoms. The highest BCUT2D eigenvalue weighted by Gasteiger charge is 2.48. The molecule has 1 aliphatic rings. The third-order valence-electron chi connectivity index (χ3n) is 4.75. The van der Waals surface area contributed by atoms with Crippen LogP contribution in [0.5, 0.6) is 0 Å². The van der Waals surface area contributed by atoms with E-state index in [4.69, 9.17) is 6.42 Å². The molecule has 2 heterocycles. The van der Waals surface area contributed by atoms with E-state index in [9.17, 15) is 18.1 Å². The zero-order chi connectivity index (χ0) is 22.1. The molecule has 6 nitrogen and oxygen atoms in total. The summed E-state index contributed by atoms with van der Waals surface area (Å²) in [4.78, 5) is 4.17. The van der Waals surface area contributed by atoms with Crippen LogP contribution in [0.1, 0.15) is 46.2 Å². The van der Waals surface area contributed by atoms with Crippen LogP contribution in [-0.2, 0) is 26.3 Å². The van der Waals surface area contributed by atoms with Crippen molar-refractivity contribution in [3.63, 3.8) is 0 Å². The van der Waals surface area contributed by atoms with Gasteiger partial charge in [0.2, 0.25) is 0 Å². The number of rotatable bonds is 5. The monoisotopic (exact) mass is 502 g/mol. The zero-order valence-corrected chi connectivity index (χ0v) is 20.0. The van der Waals surface area contributed by atoms with Gasteiger partial charge in [-0.15, -0.1) is 6.42 Å². The molecule has 1 N–H and O–H groups in total. The first-order valence-corrected chi connectivity index (χ1v) is 12.6. The van der Waals surface area contributed by atoms with Crippen molar-refractivity contribution >= 4 is 36.6 Å². The van der Waals surface area contributed by atoms with Gasteiger partial charge in [0.1, 0.15) is 26.4 Å². The van der Waals surface area contributed by atoms with E-state index < -0.39 is 41.6 Å². The Kier molecular flexibility index (Phi) is 6.96. The van der Waals surface area contributed by atoms with E-state index in [1.807, 2.05) is 0 Å². The maximum atomic E-state index is 14.8. The van der Waals surface area contributed by atoms with Crippen LogP contribution >= 0.6 is 15.9 Å². The van der Waals surface area contributed by atoms with Crippen molar-refractivity contribution in [2.75, 3.05) is 12.3 Å². The topological polar surface area (TPSA) is 95.2 Å². The largest absolute Gasteiger partial charge is 0.248 e. The maximum Gasteiger partial charge on any atom is 0.149 e. The molecular weight excluding hydrogens is 479 g/mol. The summed E-state index contributed by atoms with van der Waals surface area (Å²) in [6.45, 7) is 7.07. The predicted octanol–water partition coefficient (Wildman–Crippen LogP) is 3.41. The second-order valence-corrected chi connectivity index (χ2v) is 13.6. The van der Waals surface area contributed by atoms with Crippen LogP contribution in [0.3, 0.4) is 0 Å². The summed E-state index contributed by atoms with van der Waals surface area (Å²) in [6, 6.07) is 4.70. The first-order chi connectivity index (χ1) is 13.3. The first kappa shape index (κ1) is 23.9. The zero-order valence-electron chi connectivity index (χ0n) is 16.8. The van der Waals surface area contributed by atoms with Crippen LogP contribution in [0.25, 0.3) is 0 Å². The van der Waals surface area contributed by atoms with Crippen LogP contribution in [0.2, 0.25) is 0 Å².